The molecule has 0 unspecified atom stereocenters. The average molecular weight is 305 g/mol. The lowest BCUT2D eigenvalue weighted by atomic mass is 9.91. The molecule has 1 N–H and O–H groups in total. The van der Waals surface area contributed by atoms with Gasteiger partial charge in [-0.1, -0.05) is 20.8 Å². The Balaban J connectivity index is 1.96. The van der Waals surface area contributed by atoms with Gasteiger partial charge in [0.1, 0.15) is 5.01 Å². The largest absolute Gasteiger partial charge is 0.309 e. The van der Waals surface area contributed by atoms with E-state index in [-0.39, 0.29) is 11.2 Å². The van der Waals surface area contributed by atoms with Crippen LogP contribution in [0.1, 0.15) is 44.2 Å². The highest BCUT2D eigenvalue weighted by Gasteiger charge is 2.26. The maximum atomic E-state index is 13.9. The first-order valence-corrected chi connectivity index (χ1v) is 8.10. The van der Waals surface area contributed by atoms with E-state index in [1.807, 2.05) is 0 Å². The number of halogens is 1. The smallest absolute Gasteiger partial charge is 0.151 e. The molecular formula is C16H20FN3S. The summed E-state index contributed by atoms with van der Waals surface area (Å²) in [6, 6.07) is 2.35. The molecule has 3 nitrogen and oxygen atoms in total. The van der Waals surface area contributed by atoms with E-state index in [1.54, 1.807) is 23.6 Å². The molecule has 1 fully saturated rings. The van der Waals surface area contributed by atoms with Crippen LogP contribution < -0.4 is 5.32 Å². The van der Waals surface area contributed by atoms with Crippen molar-refractivity contribution >= 4 is 11.3 Å². The van der Waals surface area contributed by atoms with Gasteiger partial charge in [-0.15, -0.1) is 11.3 Å². The summed E-state index contributed by atoms with van der Waals surface area (Å²) in [5.74, 6) is -0.312. The predicted molar refractivity (Wildman–Crippen MR) is 83.9 cm³/mol. The molecule has 0 amide bonds. The van der Waals surface area contributed by atoms with Gasteiger partial charge in [-0.25, -0.2) is 9.37 Å². The number of rotatable bonds is 4. The normalized spacial score (nSPS) is 15.4. The number of nitrogens with zero attached hydrogens (tertiary/aromatic N) is 2. The molecule has 2 heterocycles. The molecule has 2 aromatic heterocycles. The number of hydrogen-bond acceptors (Lipinski definition) is 4. The maximum absolute atomic E-state index is 13.9. The highest BCUT2D eigenvalue weighted by molar-refractivity contribution is 7.15. The van der Waals surface area contributed by atoms with Gasteiger partial charge in [0.05, 0.1) is 11.9 Å². The number of pyridine rings is 1. The molecule has 2 aromatic rings. The van der Waals surface area contributed by atoms with Gasteiger partial charge in [0.15, 0.2) is 5.82 Å². The van der Waals surface area contributed by atoms with E-state index in [1.165, 1.54) is 23.9 Å². The topological polar surface area (TPSA) is 37.8 Å². The van der Waals surface area contributed by atoms with Gasteiger partial charge >= 0.3 is 0 Å². The van der Waals surface area contributed by atoms with Crippen molar-refractivity contribution < 1.29 is 4.39 Å². The van der Waals surface area contributed by atoms with Gasteiger partial charge in [-0.3, -0.25) is 4.98 Å². The molecular weight excluding hydrogens is 285 g/mol. The van der Waals surface area contributed by atoms with Crippen LogP contribution in [0.15, 0.2) is 18.5 Å². The van der Waals surface area contributed by atoms with Crippen LogP contribution in [0.3, 0.4) is 0 Å². The van der Waals surface area contributed by atoms with Crippen LogP contribution in [0, 0.1) is 5.82 Å². The van der Waals surface area contributed by atoms with Gasteiger partial charge in [0, 0.05) is 34.6 Å². The third-order valence-corrected chi connectivity index (χ3v) is 4.63. The van der Waals surface area contributed by atoms with Crippen LogP contribution in [-0.2, 0) is 12.0 Å². The third-order valence-electron chi connectivity index (χ3n) is 3.54. The molecule has 1 aliphatic rings. The number of thiazole rings is 1. The van der Waals surface area contributed by atoms with Crippen molar-refractivity contribution in [3.63, 3.8) is 0 Å². The standard InChI is InChI=1S/C16H20FN3S/c1-16(2,3)14-13(9-19-10-4-5-10)21-15(20-14)11-6-7-18-8-12(11)17/h6-8,10,19H,4-5,9H2,1-3H3. The van der Waals surface area contributed by atoms with E-state index in [2.05, 4.69) is 31.1 Å². The van der Waals surface area contributed by atoms with Crippen LogP contribution in [0.2, 0.25) is 0 Å². The molecule has 0 aromatic carbocycles. The Labute approximate surface area is 128 Å². The summed E-state index contributed by atoms with van der Waals surface area (Å²) in [4.78, 5) is 9.74. The Morgan fingerprint density at radius 1 is 1.38 bits per heavy atom. The predicted octanol–water partition coefficient (Wildman–Crippen LogP) is 3.89. The van der Waals surface area contributed by atoms with Gasteiger partial charge < -0.3 is 5.32 Å². The SMILES string of the molecule is CC(C)(C)c1nc(-c2ccncc2F)sc1CNC1CC1. The van der Waals surface area contributed by atoms with Crippen LogP contribution in [0.4, 0.5) is 4.39 Å². The van der Waals surface area contributed by atoms with Crippen molar-refractivity contribution in [2.45, 2.75) is 51.6 Å². The second-order valence-electron chi connectivity index (χ2n) is 6.55. The van der Waals surface area contributed by atoms with E-state index in [9.17, 15) is 4.39 Å². The minimum Gasteiger partial charge on any atom is -0.309 e. The zero-order chi connectivity index (χ0) is 15.0. The van der Waals surface area contributed by atoms with Gasteiger partial charge in [-0.2, -0.15) is 0 Å². The maximum Gasteiger partial charge on any atom is 0.151 e. The lowest BCUT2D eigenvalue weighted by Gasteiger charge is -2.17. The Kier molecular flexibility index (Phi) is 3.80. The first kappa shape index (κ1) is 14.6. The van der Waals surface area contributed by atoms with Gasteiger partial charge in [0.2, 0.25) is 0 Å². The fourth-order valence-corrected chi connectivity index (χ4v) is 3.50. The Morgan fingerprint density at radius 3 is 2.76 bits per heavy atom. The molecule has 0 bridgehead atoms. The molecule has 5 heteroatoms. The lowest BCUT2D eigenvalue weighted by Crippen LogP contribution is -2.19. The van der Waals surface area contributed by atoms with Gasteiger partial charge in [0.25, 0.3) is 0 Å². The molecule has 0 radical (unpaired) electrons. The average Bonchev–Trinajstić information content (AvgIpc) is 3.14. The number of aromatic nitrogens is 2. The second kappa shape index (κ2) is 5.46. The van der Waals surface area contributed by atoms with Gasteiger partial charge in [-0.05, 0) is 18.9 Å². The monoisotopic (exact) mass is 305 g/mol. The van der Waals surface area contributed by atoms with Crippen LogP contribution in [-0.4, -0.2) is 16.0 Å². The molecule has 21 heavy (non-hydrogen) atoms. The quantitative estimate of drug-likeness (QED) is 0.931. The summed E-state index contributed by atoms with van der Waals surface area (Å²) >= 11 is 1.58. The van der Waals surface area contributed by atoms with Crippen molar-refractivity contribution in [2.75, 3.05) is 0 Å². The van der Waals surface area contributed by atoms with Crippen molar-refractivity contribution in [2.24, 2.45) is 0 Å². The van der Waals surface area contributed by atoms with E-state index in [0.29, 0.717) is 11.6 Å². The summed E-state index contributed by atoms with van der Waals surface area (Å²) in [6.45, 7) is 7.27. The molecule has 3 rings (SSSR count). The minimum atomic E-state index is -0.312. The zero-order valence-electron chi connectivity index (χ0n) is 12.6. The van der Waals surface area contributed by atoms with Crippen molar-refractivity contribution in [1.82, 2.24) is 15.3 Å². The summed E-state index contributed by atoms with van der Waals surface area (Å²) < 4.78 is 13.9. The van der Waals surface area contributed by atoms with Crippen molar-refractivity contribution in [1.29, 1.82) is 0 Å². The first-order valence-electron chi connectivity index (χ1n) is 7.28. The summed E-state index contributed by atoms with van der Waals surface area (Å²) in [5, 5.41) is 4.27. The second-order valence-corrected chi connectivity index (χ2v) is 7.64. The Hall–Kier alpha value is -1.33. The van der Waals surface area contributed by atoms with Crippen molar-refractivity contribution in [3.8, 4) is 10.6 Å². The number of hydrogen-bond donors (Lipinski definition) is 1. The molecule has 1 aliphatic carbocycles. The highest BCUT2D eigenvalue weighted by atomic mass is 32.1. The fraction of sp³-hybridized carbons (Fsp3) is 0.500. The Bertz CT molecular complexity index is 641. The van der Waals surface area contributed by atoms with Crippen molar-refractivity contribution in [3.05, 3.63) is 34.8 Å². The molecule has 0 saturated heterocycles. The van der Waals surface area contributed by atoms with Crippen LogP contribution >= 0.6 is 11.3 Å². The molecule has 0 spiro atoms. The van der Waals surface area contributed by atoms with E-state index >= 15 is 0 Å². The third kappa shape index (κ3) is 3.30. The summed E-state index contributed by atoms with van der Waals surface area (Å²) in [5.41, 5.74) is 1.56. The van der Waals surface area contributed by atoms with Crippen LogP contribution in [0.25, 0.3) is 10.6 Å². The van der Waals surface area contributed by atoms with Crippen LogP contribution in [0.5, 0.6) is 0 Å². The summed E-state index contributed by atoms with van der Waals surface area (Å²) in [6.07, 6.45) is 5.37. The number of nitrogens with one attached hydrogen (secondary N) is 1. The van der Waals surface area contributed by atoms with E-state index in [4.69, 9.17) is 4.98 Å². The Morgan fingerprint density at radius 2 is 2.14 bits per heavy atom. The summed E-state index contributed by atoms with van der Waals surface area (Å²) in [7, 11) is 0. The molecule has 0 atom stereocenters. The fourth-order valence-electron chi connectivity index (χ4n) is 2.25. The molecule has 0 aliphatic heterocycles. The lowest BCUT2D eigenvalue weighted by molar-refractivity contribution is 0.559. The first-order chi connectivity index (χ1) is 9.95. The minimum absolute atomic E-state index is 0.0428. The highest BCUT2D eigenvalue weighted by Crippen LogP contribution is 2.35. The van der Waals surface area contributed by atoms with E-state index < -0.39 is 0 Å². The van der Waals surface area contributed by atoms with E-state index in [0.717, 1.165) is 17.2 Å². The molecule has 1 saturated carbocycles. The molecule has 112 valence electrons. The zero-order valence-corrected chi connectivity index (χ0v) is 13.4.